The Kier molecular flexibility index (Phi) is 6.72. The van der Waals surface area contributed by atoms with Crippen molar-refractivity contribution >= 4 is 51.9 Å². The number of nitrogens with zero attached hydrogens (tertiary/aromatic N) is 3. The number of hydrogen-bond donors (Lipinski definition) is 3. The van der Waals surface area contributed by atoms with Crippen LogP contribution < -0.4 is 21.0 Å². The van der Waals surface area contributed by atoms with Gasteiger partial charge in [0.15, 0.2) is 5.13 Å². The third-order valence-electron chi connectivity index (χ3n) is 2.96. The van der Waals surface area contributed by atoms with Crippen LogP contribution in [0.25, 0.3) is 0 Å². The van der Waals surface area contributed by atoms with Crippen LogP contribution in [0.4, 0.5) is 15.6 Å². The third kappa shape index (κ3) is 6.05. The van der Waals surface area contributed by atoms with Gasteiger partial charge in [0, 0.05) is 36.9 Å². The van der Waals surface area contributed by atoms with Gasteiger partial charge in [0.1, 0.15) is 6.54 Å². The van der Waals surface area contributed by atoms with E-state index in [9.17, 15) is 9.59 Å². The monoisotopic (exact) mass is 380 g/mol. The number of aromatic nitrogens is 1. The lowest BCUT2D eigenvalue weighted by molar-refractivity contribution is -0.120. The molecule has 0 aliphatic heterocycles. The first kappa shape index (κ1) is 18.7. The Hall–Kier alpha value is -2.65. The molecule has 0 atom stereocenters. The van der Waals surface area contributed by atoms with Crippen molar-refractivity contribution in [2.45, 2.75) is 0 Å². The highest BCUT2D eigenvalue weighted by Gasteiger charge is 2.06. The first-order chi connectivity index (χ1) is 12.0. The number of rotatable bonds is 6. The van der Waals surface area contributed by atoms with Crippen molar-refractivity contribution in [3.8, 4) is 0 Å². The summed E-state index contributed by atoms with van der Waals surface area (Å²) in [5, 5.41) is 11.4. The minimum absolute atomic E-state index is 0.220. The molecule has 0 aliphatic rings. The second-order valence-corrected chi connectivity index (χ2v) is 6.34. The number of benzene rings is 1. The fourth-order valence-electron chi connectivity index (χ4n) is 1.70. The predicted octanol–water partition coefficient (Wildman–Crippen LogP) is 2.13. The quantitative estimate of drug-likeness (QED) is 0.528. The van der Waals surface area contributed by atoms with E-state index in [4.69, 9.17) is 11.6 Å². The van der Waals surface area contributed by atoms with E-state index in [0.717, 1.165) is 5.69 Å². The van der Waals surface area contributed by atoms with Crippen molar-refractivity contribution in [2.75, 3.05) is 30.9 Å². The Bertz CT molecular complexity index is 763. The zero-order chi connectivity index (χ0) is 18.2. The van der Waals surface area contributed by atoms with Gasteiger partial charge in [-0.15, -0.1) is 11.3 Å². The Balaban J connectivity index is 1.77. The summed E-state index contributed by atoms with van der Waals surface area (Å²) in [5.74, 6) is -0.466. The molecule has 2 aromatic rings. The van der Waals surface area contributed by atoms with Gasteiger partial charge in [-0.1, -0.05) is 11.6 Å². The molecule has 1 aromatic carbocycles. The van der Waals surface area contributed by atoms with Crippen LogP contribution in [0, 0.1) is 0 Å². The molecule has 132 valence electrons. The summed E-state index contributed by atoms with van der Waals surface area (Å²) in [5.41, 5.74) is 3.94. The van der Waals surface area contributed by atoms with Gasteiger partial charge in [-0.3, -0.25) is 10.1 Å². The van der Waals surface area contributed by atoms with Gasteiger partial charge in [0.25, 0.3) is 5.91 Å². The number of carbonyl (C=O) groups excluding carboxylic acids is 2. The van der Waals surface area contributed by atoms with E-state index in [-0.39, 0.29) is 6.54 Å². The van der Waals surface area contributed by atoms with E-state index in [1.807, 2.05) is 25.1 Å². The highest BCUT2D eigenvalue weighted by atomic mass is 35.5. The van der Waals surface area contributed by atoms with E-state index in [1.54, 1.807) is 23.7 Å². The normalized spacial score (nSPS) is 10.5. The molecule has 2 rings (SSSR count). The number of urea groups is 1. The van der Waals surface area contributed by atoms with Gasteiger partial charge in [-0.25, -0.2) is 15.2 Å². The molecule has 10 heteroatoms. The smallest absolute Gasteiger partial charge is 0.321 e. The summed E-state index contributed by atoms with van der Waals surface area (Å²) < 4.78 is 0. The van der Waals surface area contributed by atoms with Crippen molar-refractivity contribution < 1.29 is 9.59 Å². The maximum atomic E-state index is 11.6. The maximum absolute atomic E-state index is 11.6. The summed E-state index contributed by atoms with van der Waals surface area (Å²) in [6.07, 6.45) is 3.01. The molecule has 0 radical (unpaired) electrons. The number of hydrazone groups is 1. The topological polar surface area (TPSA) is 98.7 Å². The van der Waals surface area contributed by atoms with Crippen LogP contribution in [0.3, 0.4) is 0 Å². The fraction of sp³-hybridized carbons (Fsp3) is 0.200. The number of thiazole rings is 1. The van der Waals surface area contributed by atoms with Crippen LogP contribution in [0.2, 0.25) is 5.02 Å². The van der Waals surface area contributed by atoms with Crippen LogP contribution in [0.5, 0.6) is 0 Å². The average Bonchev–Trinajstić information content (AvgIpc) is 3.07. The van der Waals surface area contributed by atoms with E-state index in [0.29, 0.717) is 15.7 Å². The maximum Gasteiger partial charge on any atom is 0.321 e. The number of hydrogen-bond acceptors (Lipinski definition) is 6. The van der Waals surface area contributed by atoms with Gasteiger partial charge in [0.2, 0.25) is 0 Å². The first-order valence-corrected chi connectivity index (χ1v) is 8.44. The van der Waals surface area contributed by atoms with Gasteiger partial charge in [0.05, 0.1) is 11.2 Å². The molecule has 8 nitrogen and oxygen atoms in total. The summed E-state index contributed by atoms with van der Waals surface area (Å²) in [6, 6.07) is 4.97. The Labute approximate surface area is 153 Å². The summed E-state index contributed by atoms with van der Waals surface area (Å²) in [6.45, 7) is -0.220. The summed E-state index contributed by atoms with van der Waals surface area (Å²) in [7, 11) is 3.83. The van der Waals surface area contributed by atoms with Gasteiger partial charge >= 0.3 is 6.03 Å². The van der Waals surface area contributed by atoms with Crippen molar-refractivity contribution in [1.82, 2.24) is 15.7 Å². The van der Waals surface area contributed by atoms with E-state index in [1.165, 1.54) is 17.6 Å². The summed E-state index contributed by atoms with van der Waals surface area (Å²) in [4.78, 5) is 29.0. The molecule has 0 saturated carbocycles. The number of amides is 3. The van der Waals surface area contributed by atoms with E-state index >= 15 is 0 Å². The first-order valence-electron chi connectivity index (χ1n) is 7.19. The van der Waals surface area contributed by atoms with Gasteiger partial charge in [-0.2, -0.15) is 5.10 Å². The zero-order valence-corrected chi connectivity index (χ0v) is 15.2. The molecule has 0 spiro atoms. The van der Waals surface area contributed by atoms with Crippen LogP contribution in [0.1, 0.15) is 5.56 Å². The van der Waals surface area contributed by atoms with Crippen molar-refractivity contribution in [3.63, 3.8) is 0 Å². The molecule has 3 N–H and O–H groups in total. The fourth-order valence-corrected chi connectivity index (χ4v) is 2.45. The molecular formula is C15H17ClN6O2S. The Morgan fingerprint density at radius 1 is 1.40 bits per heavy atom. The lowest BCUT2D eigenvalue weighted by Gasteiger charge is -2.13. The summed E-state index contributed by atoms with van der Waals surface area (Å²) >= 11 is 7.44. The van der Waals surface area contributed by atoms with Crippen LogP contribution in [-0.4, -0.2) is 43.8 Å². The molecule has 25 heavy (non-hydrogen) atoms. The number of carbonyl (C=O) groups is 2. The SMILES string of the molecule is CN(C)c1ccc(C=NNC(=O)CNC(=O)Nc2nccs2)c(Cl)c1. The third-order valence-corrected chi connectivity index (χ3v) is 3.97. The molecule has 3 amide bonds. The Morgan fingerprint density at radius 3 is 2.84 bits per heavy atom. The van der Waals surface area contributed by atoms with Crippen LogP contribution >= 0.6 is 22.9 Å². The zero-order valence-electron chi connectivity index (χ0n) is 13.6. The number of anilines is 2. The number of nitrogens with one attached hydrogen (secondary N) is 3. The Morgan fingerprint density at radius 2 is 2.20 bits per heavy atom. The highest BCUT2D eigenvalue weighted by Crippen LogP contribution is 2.21. The molecule has 0 aliphatic carbocycles. The second-order valence-electron chi connectivity index (χ2n) is 5.04. The molecule has 0 bridgehead atoms. The van der Waals surface area contributed by atoms with Crippen molar-refractivity contribution in [3.05, 3.63) is 40.4 Å². The minimum atomic E-state index is -0.517. The van der Waals surface area contributed by atoms with Crippen LogP contribution in [0.15, 0.2) is 34.9 Å². The lowest BCUT2D eigenvalue weighted by atomic mass is 10.2. The predicted molar refractivity (Wildman–Crippen MR) is 101 cm³/mol. The highest BCUT2D eigenvalue weighted by molar-refractivity contribution is 7.13. The molecule has 1 heterocycles. The average molecular weight is 381 g/mol. The standard InChI is InChI=1S/C15H17ClN6O2S/c1-22(2)11-4-3-10(12(16)7-11)8-19-21-13(23)9-18-14(24)20-15-17-5-6-25-15/h3-8H,9H2,1-2H3,(H,21,23)(H2,17,18,20,24). The van der Waals surface area contributed by atoms with Crippen molar-refractivity contribution in [2.24, 2.45) is 5.10 Å². The van der Waals surface area contributed by atoms with Gasteiger partial charge in [-0.05, 0) is 18.2 Å². The van der Waals surface area contributed by atoms with Crippen molar-refractivity contribution in [1.29, 1.82) is 0 Å². The van der Waals surface area contributed by atoms with Gasteiger partial charge < -0.3 is 10.2 Å². The molecule has 0 fully saturated rings. The second kappa shape index (κ2) is 9.00. The molecular weight excluding hydrogens is 364 g/mol. The van der Waals surface area contributed by atoms with E-state index in [2.05, 4.69) is 26.1 Å². The van der Waals surface area contributed by atoms with Crippen LogP contribution in [-0.2, 0) is 4.79 Å². The lowest BCUT2D eigenvalue weighted by Crippen LogP contribution is -2.37. The van der Waals surface area contributed by atoms with E-state index < -0.39 is 11.9 Å². The molecule has 0 unspecified atom stereocenters. The molecule has 1 aromatic heterocycles. The molecule has 0 saturated heterocycles. The minimum Gasteiger partial charge on any atom is -0.378 e. The largest absolute Gasteiger partial charge is 0.378 e. The number of halogens is 1.